The molecule has 0 bridgehead atoms. The summed E-state index contributed by atoms with van der Waals surface area (Å²) in [5, 5.41) is 9.98. The summed E-state index contributed by atoms with van der Waals surface area (Å²) in [6.45, 7) is 11.5. The Morgan fingerprint density at radius 1 is 1.50 bits per heavy atom. The number of hydrogen-bond acceptors (Lipinski definition) is 3. The first-order valence-corrected chi connectivity index (χ1v) is 6.46. The van der Waals surface area contributed by atoms with Crippen LogP contribution in [0.2, 0.25) is 0 Å². The van der Waals surface area contributed by atoms with E-state index in [2.05, 4.69) is 24.1 Å². The van der Waals surface area contributed by atoms with Crippen molar-refractivity contribution in [3.05, 3.63) is 11.0 Å². The fourth-order valence-electron chi connectivity index (χ4n) is 0.775. The molecule has 1 rings (SSSR count). The second-order valence-electron chi connectivity index (χ2n) is 2.88. The topological polar surface area (TPSA) is 35.4 Å². The standard InChI is InChI=1S/C6H11NS.C4H7O.C2H6.K/c1-4-6(5-2)8-7-3;5-4-2-1-3-4;1-2;/h4H,3,5H2,1-2H3;4H,1-3H2;1-2H3;/q;-1;;+1/b6-4-;;;. The van der Waals surface area contributed by atoms with Gasteiger partial charge in [-0.05, 0) is 20.1 Å². The van der Waals surface area contributed by atoms with Crippen molar-refractivity contribution in [1.29, 1.82) is 0 Å². The Labute approximate surface area is 148 Å². The van der Waals surface area contributed by atoms with Crippen molar-refractivity contribution in [2.45, 2.75) is 59.5 Å². The molecule has 0 amide bonds. The zero-order valence-electron chi connectivity index (χ0n) is 11.5. The molecule has 1 fully saturated rings. The fourth-order valence-corrected chi connectivity index (χ4v) is 1.18. The predicted molar refractivity (Wildman–Crippen MR) is 70.2 cm³/mol. The first kappa shape index (κ1) is 22.5. The molecule has 0 heterocycles. The third-order valence-corrected chi connectivity index (χ3v) is 2.79. The van der Waals surface area contributed by atoms with Gasteiger partial charge in [-0.1, -0.05) is 46.1 Å². The second kappa shape index (κ2) is 18.7. The van der Waals surface area contributed by atoms with E-state index < -0.39 is 0 Å². The summed E-state index contributed by atoms with van der Waals surface area (Å²) >= 11 is 1.45. The minimum atomic E-state index is -0.185. The van der Waals surface area contributed by atoms with Crippen LogP contribution < -0.4 is 56.5 Å². The van der Waals surface area contributed by atoms with Gasteiger partial charge in [-0.25, -0.2) is 4.40 Å². The van der Waals surface area contributed by atoms with Crippen LogP contribution in [0.15, 0.2) is 15.4 Å². The van der Waals surface area contributed by atoms with Crippen molar-refractivity contribution in [2.24, 2.45) is 4.40 Å². The van der Waals surface area contributed by atoms with Gasteiger partial charge in [0.25, 0.3) is 0 Å². The molecule has 0 unspecified atom stereocenters. The number of hydrogen-bond donors (Lipinski definition) is 0. The summed E-state index contributed by atoms with van der Waals surface area (Å²) < 4.78 is 3.68. The van der Waals surface area contributed by atoms with Crippen LogP contribution in [0.25, 0.3) is 0 Å². The van der Waals surface area contributed by atoms with Crippen molar-refractivity contribution in [1.82, 2.24) is 0 Å². The van der Waals surface area contributed by atoms with Gasteiger partial charge >= 0.3 is 51.4 Å². The van der Waals surface area contributed by atoms with Crippen molar-refractivity contribution >= 4 is 18.7 Å². The van der Waals surface area contributed by atoms with Gasteiger partial charge in [0, 0.05) is 16.9 Å². The molecule has 0 spiro atoms. The first-order chi connectivity index (χ1) is 7.24. The van der Waals surface area contributed by atoms with Crippen LogP contribution >= 0.6 is 11.9 Å². The maximum atomic E-state index is 9.98. The molecule has 16 heavy (non-hydrogen) atoms. The molecule has 0 aromatic rings. The van der Waals surface area contributed by atoms with E-state index in [1.165, 1.54) is 23.3 Å². The zero-order chi connectivity index (χ0) is 12.1. The van der Waals surface area contributed by atoms with Crippen LogP contribution in [0.4, 0.5) is 0 Å². The van der Waals surface area contributed by atoms with Crippen molar-refractivity contribution in [3.63, 3.8) is 0 Å². The molecular formula is C12H24KNOS. The smallest absolute Gasteiger partial charge is 0.852 e. The van der Waals surface area contributed by atoms with E-state index in [0.29, 0.717) is 0 Å². The van der Waals surface area contributed by atoms with Gasteiger partial charge in [0.05, 0.1) is 0 Å². The SMILES string of the molecule is C=NS/C(=C\C)CC.CC.[K+].[O-]C1CCC1. The van der Waals surface area contributed by atoms with Crippen molar-refractivity contribution in [3.8, 4) is 0 Å². The van der Waals surface area contributed by atoms with Gasteiger partial charge in [0.2, 0.25) is 0 Å². The first-order valence-electron chi connectivity index (χ1n) is 5.68. The maximum Gasteiger partial charge on any atom is 1.00 e. The van der Waals surface area contributed by atoms with E-state index in [9.17, 15) is 5.11 Å². The van der Waals surface area contributed by atoms with Gasteiger partial charge in [0.1, 0.15) is 0 Å². The van der Waals surface area contributed by atoms with Gasteiger partial charge in [-0.2, -0.15) is 0 Å². The summed E-state index contributed by atoms with van der Waals surface area (Å²) in [4.78, 5) is 1.28. The molecule has 1 aliphatic carbocycles. The fraction of sp³-hybridized carbons (Fsp3) is 0.750. The van der Waals surface area contributed by atoms with Crippen LogP contribution in [0, 0.1) is 0 Å². The van der Waals surface area contributed by atoms with Crippen LogP contribution in [-0.4, -0.2) is 12.8 Å². The van der Waals surface area contributed by atoms with Gasteiger partial charge in [-0.3, -0.25) is 0 Å². The van der Waals surface area contributed by atoms with Gasteiger partial charge < -0.3 is 5.11 Å². The Hall–Kier alpha value is 1.36. The minimum absolute atomic E-state index is 0. The molecule has 0 aromatic heterocycles. The zero-order valence-corrected chi connectivity index (χ0v) is 15.4. The molecule has 4 heteroatoms. The molecule has 90 valence electrons. The Balaban J connectivity index is -0.000000182. The van der Waals surface area contributed by atoms with E-state index in [1.54, 1.807) is 0 Å². The molecule has 0 aromatic carbocycles. The van der Waals surface area contributed by atoms with E-state index in [1.807, 2.05) is 20.8 Å². The summed E-state index contributed by atoms with van der Waals surface area (Å²) in [7, 11) is 0. The summed E-state index contributed by atoms with van der Waals surface area (Å²) in [5.74, 6) is 0. The molecule has 0 saturated heterocycles. The number of rotatable bonds is 3. The summed E-state index contributed by atoms with van der Waals surface area (Å²) in [6.07, 6.45) is 5.96. The summed E-state index contributed by atoms with van der Waals surface area (Å²) in [5.41, 5.74) is 0. The Bertz CT molecular complexity index is 170. The number of nitrogens with zero attached hydrogens (tertiary/aromatic N) is 1. The average molecular weight is 269 g/mol. The van der Waals surface area contributed by atoms with Crippen molar-refractivity contribution < 1.29 is 56.5 Å². The van der Waals surface area contributed by atoms with E-state index >= 15 is 0 Å². The Kier molecular flexibility index (Phi) is 26.4. The number of allylic oxidation sites excluding steroid dienone is 2. The normalized spacial score (nSPS) is 14.2. The third kappa shape index (κ3) is 15.4. The quantitative estimate of drug-likeness (QED) is 0.427. The second-order valence-corrected chi connectivity index (χ2v) is 3.85. The molecule has 0 N–H and O–H groups in total. The molecule has 1 saturated carbocycles. The van der Waals surface area contributed by atoms with Gasteiger partial charge in [-0.15, -0.1) is 6.10 Å². The molecule has 0 aliphatic heterocycles. The van der Waals surface area contributed by atoms with Crippen LogP contribution in [-0.2, 0) is 0 Å². The monoisotopic (exact) mass is 269 g/mol. The van der Waals surface area contributed by atoms with E-state index in [0.717, 1.165) is 19.3 Å². The predicted octanol–water partition coefficient (Wildman–Crippen LogP) is 0.578. The minimum Gasteiger partial charge on any atom is -0.852 e. The van der Waals surface area contributed by atoms with Crippen molar-refractivity contribution in [2.75, 3.05) is 0 Å². The van der Waals surface area contributed by atoms with Crippen LogP contribution in [0.3, 0.4) is 0 Å². The molecule has 0 radical (unpaired) electrons. The third-order valence-electron chi connectivity index (χ3n) is 1.90. The maximum absolute atomic E-state index is 9.98. The van der Waals surface area contributed by atoms with Crippen LogP contribution in [0.1, 0.15) is 53.4 Å². The van der Waals surface area contributed by atoms with Crippen LogP contribution in [0.5, 0.6) is 0 Å². The molecular weight excluding hydrogens is 245 g/mol. The molecule has 2 nitrogen and oxygen atoms in total. The molecule has 0 atom stereocenters. The Morgan fingerprint density at radius 2 is 1.94 bits per heavy atom. The largest absolute Gasteiger partial charge is 1.00 e. The van der Waals surface area contributed by atoms with E-state index in [4.69, 9.17) is 0 Å². The average Bonchev–Trinajstić information content (AvgIpc) is 2.26. The van der Waals surface area contributed by atoms with Gasteiger partial charge in [0.15, 0.2) is 0 Å². The Morgan fingerprint density at radius 3 is 2.00 bits per heavy atom. The summed E-state index contributed by atoms with van der Waals surface area (Å²) in [6, 6.07) is 0. The van der Waals surface area contributed by atoms with E-state index in [-0.39, 0.29) is 57.5 Å². The molecule has 1 aliphatic rings.